The second-order valence-electron chi connectivity index (χ2n) is 6.55. The second kappa shape index (κ2) is 7.73. The van der Waals surface area contributed by atoms with E-state index < -0.39 is 10.2 Å². The number of rotatable bonds is 5. The van der Waals surface area contributed by atoms with E-state index in [1.54, 1.807) is 18.3 Å². The van der Waals surface area contributed by atoms with Crippen molar-refractivity contribution >= 4 is 10.2 Å². The summed E-state index contributed by atoms with van der Waals surface area (Å²) in [5.41, 5.74) is 0. The molecule has 2 aliphatic heterocycles. The molecule has 2 atom stereocenters. The first-order valence-corrected chi connectivity index (χ1v) is 9.70. The smallest absolute Gasteiger partial charge is 0.281 e. The SMILES string of the molecule is C[C@H](C#N)CN(C)S(=O)(=O)N1CCC[C@H](N2CCCC2)CC1. The van der Waals surface area contributed by atoms with E-state index in [9.17, 15) is 8.42 Å². The Morgan fingerprint density at radius 2 is 1.86 bits per heavy atom. The van der Waals surface area contributed by atoms with Gasteiger partial charge in [0.2, 0.25) is 0 Å². The molecule has 0 radical (unpaired) electrons. The lowest BCUT2D eigenvalue weighted by atomic mass is 10.1. The van der Waals surface area contributed by atoms with Gasteiger partial charge in [0.1, 0.15) is 0 Å². The van der Waals surface area contributed by atoms with Crippen LogP contribution in [0.25, 0.3) is 0 Å². The van der Waals surface area contributed by atoms with Crippen LogP contribution in [0.15, 0.2) is 0 Å². The van der Waals surface area contributed by atoms with Crippen LogP contribution >= 0.6 is 0 Å². The summed E-state index contributed by atoms with van der Waals surface area (Å²) in [6.07, 6.45) is 5.47. The molecule has 2 heterocycles. The van der Waals surface area contributed by atoms with Gasteiger partial charge in [-0.1, -0.05) is 0 Å². The Hall–Kier alpha value is -0.680. The van der Waals surface area contributed by atoms with Crippen LogP contribution in [0.4, 0.5) is 0 Å². The molecule has 22 heavy (non-hydrogen) atoms. The Kier molecular flexibility index (Phi) is 6.21. The van der Waals surface area contributed by atoms with Crippen molar-refractivity contribution in [1.29, 1.82) is 5.26 Å². The number of likely N-dealkylation sites (tertiary alicyclic amines) is 1. The molecule has 0 aromatic rings. The Balaban J connectivity index is 1.95. The van der Waals surface area contributed by atoms with Crippen LogP contribution in [0.2, 0.25) is 0 Å². The molecule has 2 rings (SSSR count). The zero-order valence-corrected chi connectivity index (χ0v) is 14.6. The fraction of sp³-hybridized carbons (Fsp3) is 0.933. The zero-order valence-electron chi connectivity index (χ0n) is 13.7. The first kappa shape index (κ1) is 17.7. The van der Waals surface area contributed by atoms with Crippen molar-refractivity contribution in [2.24, 2.45) is 5.92 Å². The van der Waals surface area contributed by atoms with Crippen LogP contribution in [0.5, 0.6) is 0 Å². The zero-order chi connectivity index (χ0) is 16.2. The van der Waals surface area contributed by atoms with Gasteiger partial charge in [0, 0.05) is 32.7 Å². The van der Waals surface area contributed by atoms with Crippen molar-refractivity contribution in [1.82, 2.24) is 13.5 Å². The van der Waals surface area contributed by atoms with Gasteiger partial charge in [0.15, 0.2) is 0 Å². The summed E-state index contributed by atoms with van der Waals surface area (Å²) in [7, 11) is -1.87. The van der Waals surface area contributed by atoms with Crippen LogP contribution < -0.4 is 0 Å². The van der Waals surface area contributed by atoms with Gasteiger partial charge in [0.05, 0.1) is 12.0 Å². The average Bonchev–Trinajstić information content (AvgIpc) is 2.91. The third-order valence-electron chi connectivity index (χ3n) is 4.79. The third kappa shape index (κ3) is 4.19. The summed E-state index contributed by atoms with van der Waals surface area (Å²) in [5, 5.41) is 8.87. The van der Waals surface area contributed by atoms with E-state index in [0.29, 0.717) is 19.1 Å². The number of hydrogen-bond acceptors (Lipinski definition) is 4. The molecule has 0 N–H and O–H groups in total. The van der Waals surface area contributed by atoms with Gasteiger partial charge in [-0.25, -0.2) is 0 Å². The van der Waals surface area contributed by atoms with Crippen LogP contribution in [0.3, 0.4) is 0 Å². The number of hydrogen-bond donors (Lipinski definition) is 0. The minimum absolute atomic E-state index is 0.255. The highest BCUT2D eigenvalue weighted by Gasteiger charge is 2.32. The first-order valence-electron chi connectivity index (χ1n) is 8.30. The fourth-order valence-corrected chi connectivity index (χ4v) is 4.98. The van der Waals surface area contributed by atoms with Crippen molar-refractivity contribution in [3.63, 3.8) is 0 Å². The van der Waals surface area contributed by atoms with E-state index in [-0.39, 0.29) is 12.5 Å². The Morgan fingerprint density at radius 3 is 2.50 bits per heavy atom. The molecule has 0 amide bonds. The number of nitriles is 1. The summed E-state index contributed by atoms with van der Waals surface area (Å²) < 4.78 is 28.2. The van der Waals surface area contributed by atoms with Crippen molar-refractivity contribution in [3.05, 3.63) is 0 Å². The topological polar surface area (TPSA) is 67.6 Å². The lowest BCUT2D eigenvalue weighted by Gasteiger charge is -2.28. The lowest BCUT2D eigenvalue weighted by molar-refractivity contribution is 0.222. The first-order chi connectivity index (χ1) is 10.4. The molecule has 0 bridgehead atoms. The molecule has 126 valence electrons. The Labute approximate surface area is 134 Å². The molecule has 0 aliphatic carbocycles. The molecule has 0 aromatic carbocycles. The summed E-state index contributed by atoms with van der Waals surface area (Å²) in [6.45, 7) is 5.52. The average molecular weight is 328 g/mol. The number of nitrogens with zero attached hydrogens (tertiary/aromatic N) is 4. The Morgan fingerprint density at radius 1 is 1.18 bits per heavy atom. The quantitative estimate of drug-likeness (QED) is 0.762. The van der Waals surface area contributed by atoms with Gasteiger partial charge >= 0.3 is 0 Å². The van der Waals surface area contributed by atoms with Crippen molar-refractivity contribution < 1.29 is 8.42 Å². The van der Waals surface area contributed by atoms with Gasteiger partial charge < -0.3 is 4.90 Å². The highest BCUT2D eigenvalue weighted by Crippen LogP contribution is 2.23. The molecule has 0 spiro atoms. The fourth-order valence-electron chi connectivity index (χ4n) is 3.47. The summed E-state index contributed by atoms with van der Waals surface area (Å²) in [5.74, 6) is -0.288. The third-order valence-corrected chi connectivity index (χ3v) is 6.74. The minimum atomic E-state index is -3.44. The summed E-state index contributed by atoms with van der Waals surface area (Å²) in [6, 6.07) is 2.63. The largest absolute Gasteiger partial charge is 0.300 e. The molecule has 0 unspecified atom stereocenters. The normalized spacial score (nSPS) is 26.7. The molecular weight excluding hydrogens is 300 g/mol. The van der Waals surface area contributed by atoms with Crippen LogP contribution in [0, 0.1) is 17.2 Å². The van der Waals surface area contributed by atoms with E-state index in [1.807, 2.05) is 0 Å². The van der Waals surface area contributed by atoms with Gasteiger partial charge in [0.25, 0.3) is 10.2 Å². The van der Waals surface area contributed by atoms with E-state index in [2.05, 4.69) is 11.0 Å². The molecule has 2 fully saturated rings. The van der Waals surface area contributed by atoms with Crippen LogP contribution in [0.1, 0.15) is 39.0 Å². The molecule has 2 aliphatic rings. The maximum atomic E-state index is 12.6. The lowest BCUT2D eigenvalue weighted by Crippen LogP contribution is -2.44. The highest BCUT2D eigenvalue weighted by atomic mass is 32.2. The van der Waals surface area contributed by atoms with E-state index >= 15 is 0 Å². The standard InChI is InChI=1S/C15H28N4O2S/c1-14(12-16)13-17(2)22(20,21)19-10-5-6-15(7-11-19)18-8-3-4-9-18/h14-15H,3-11,13H2,1-2H3/t14-,15+/m1/s1. The predicted octanol–water partition coefficient (Wildman–Crippen LogP) is 1.27. The minimum Gasteiger partial charge on any atom is -0.300 e. The molecule has 0 aromatic heterocycles. The molecule has 6 nitrogen and oxygen atoms in total. The molecule has 0 saturated carbocycles. The predicted molar refractivity (Wildman–Crippen MR) is 86.3 cm³/mol. The monoisotopic (exact) mass is 328 g/mol. The van der Waals surface area contributed by atoms with Crippen molar-refractivity contribution in [2.45, 2.75) is 45.1 Å². The van der Waals surface area contributed by atoms with Crippen molar-refractivity contribution in [3.8, 4) is 6.07 Å². The van der Waals surface area contributed by atoms with Crippen molar-refractivity contribution in [2.75, 3.05) is 39.8 Å². The molecular formula is C15H28N4O2S. The van der Waals surface area contributed by atoms with Crippen LogP contribution in [-0.2, 0) is 10.2 Å². The Bertz CT molecular complexity index is 496. The van der Waals surface area contributed by atoms with Gasteiger partial charge in [-0.3, -0.25) is 0 Å². The highest BCUT2D eigenvalue weighted by molar-refractivity contribution is 7.86. The van der Waals surface area contributed by atoms with E-state index in [0.717, 1.165) is 32.4 Å². The van der Waals surface area contributed by atoms with Gasteiger partial charge in [-0.05, 0) is 52.1 Å². The molecule has 7 heteroatoms. The maximum absolute atomic E-state index is 12.6. The maximum Gasteiger partial charge on any atom is 0.281 e. The van der Waals surface area contributed by atoms with E-state index in [1.165, 1.54) is 17.1 Å². The molecule has 2 saturated heterocycles. The summed E-state index contributed by atoms with van der Waals surface area (Å²) in [4.78, 5) is 2.53. The van der Waals surface area contributed by atoms with Crippen LogP contribution in [-0.4, -0.2) is 67.7 Å². The second-order valence-corrected chi connectivity index (χ2v) is 8.58. The van der Waals surface area contributed by atoms with E-state index in [4.69, 9.17) is 5.26 Å². The van der Waals surface area contributed by atoms with Gasteiger partial charge in [-0.15, -0.1) is 0 Å². The summed E-state index contributed by atoms with van der Waals surface area (Å²) >= 11 is 0. The van der Waals surface area contributed by atoms with Gasteiger partial charge in [-0.2, -0.15) is 22.3 Å².